The van der Waals surface area contributed by atoms with Gasteiger partial charge in [-0.3, -0.25) is 25.1 Å². The predicted octanol–water partition coefficient (Wildman–Crippen LogP) is 1.09. The number of likely N-dealkylation sites (N-methyl/N-ethyl adjacent to an activating group) is 1. The molecule has 0 saturated carbocycles. The Morgan fingerprint density at radius 3 is 2.88 bits per heavy atom. The van der Waals surface area contributed by atoms with Gasteiger partial charge in [-0.15, -0.1) is 5.92 Å². The monoisotopic (exact) mass is 349 g/mol. The van der Waals surface area contributed by atoms with Crippen molar-refractivity contribution in [3.63, 3.8) is 0 Å². The summed E-state index contributed by atoms with van der Waals surface area (Å²) in [6.45, 7) is 3.44. The summed E-state index contributed by atoms with van der Waals surface area (Å²) in [6, 6.07) is 5.38. The van der Waals surface area contributed by atoms with Crippen molar-refractivity contribution in [2.75, 3.05) is 7.05 Å². The van der Waals surface area contributed by atoms with Gasteiger partial charge in [-0.05, 0) is 37.6 Å². The third kappa shape index (κ3) is 2.91. The molecule has 1 saturated heterocycles. The van der Waals surface area contributed by atoms with Crippen LogP contribution in [0.15, 0.2) is 36.8 Å². The van der Waals surface area contributed by atoms with Crippen LogP contribution in [0, 0.1) is 17.3 Å². The van der Waals surface area contributed by atoms with Crippen molar-refractivity contribution >= 4 is 11.9 Å². The molecule has 2 aromatic heterocycles. The van der Waals surface area contributed by atoms with Gasteiger partial charge in [0.2, 0.25) is 0 Å². The van der Waals surface area contributed by atoms with E-state index in [1.54, 1.807) is 44.6 Å². The Labute approximate surface area is 151 Å². The Bertz CT molecular complexity index is 946. The summed E-state index contributed by atoms with van der Waals surface area (Å²) in [5.74, 6) is 5.19. The lowest BCUT2D eigenvalue weighted by Crippen LogP contribution is -2.66. The van der Waals surface area contributed by atoms with Gasteiger partial charge in [0.15, 0.2) is 12.1 Å². The summed E-state index contributed by atoms with van der Waals surface area (Å²) < 4.78 is 0. The summed E-state index contributed by atoms with van der Waals surface area (Å²) in [5, 5.41) is 21.4. The van der Waals surface area contributed by atoms with Gasteiger partial charge < -0.3 is 10.4 Å². The largest absolute Gasteiger partial charge is 0.380 e. The fourth-order valence-corrected chi connectivity index (χ4v) is 2.87. The van der Waals surface area contributed by atoms with E-state index in [9.17, 15) is 9.90 Å². The van der Waals surface area contributed by atoms with Gasteiger partial charge in [0.25, 0.3) is 5.91 Å². The number of aliphatic hydroxyl groups is 1. The molecule has 0 aromatic carbocycles. The fourth-order valence-electron chi connectivity index (χ4n) is 2.87. The highest BCUT2D eigenvalue weighted by atomic mass is 16.3. The van der Waals surface area contributed by atoms with Gasteiger partial charge in [0, 0.05) is 36.8 Å². The third-order valence-electron chi connectivity index (χ3n) is 4.49. The summed E-state index contributed by atoms with van der Waals surface area (Å²) in [6.07, 6.45) is 3.64. The first kappa shape index (κ1) is 17.6. The number of hydrogen-bond acceptors (Lipinski definition) is 5. The van der Waals surface area contributed by atoms with Crippen LogP contribution in [0.25, 0.3) is 11.3 Å². The van der Waals surface area contributed by atoms with E-state index in [1.165, 1.54) is 7.05 Å². The van der Waals surface area contributed by atoms with Crippen molar-refractivity contribution in [3.05, 3.63) is 47.9 Å². The maximum Gasteiger partial charge on any atom is 0.260 e. The van der Waals surface area contributed by atoms with E-state index in [-0.39, 0.29) is 5.96 Å². The Morgan fingerprint density at radius 2 is 2.15 bits per heavy atom. The van der Waals surface area contributed by atoms with Gasteiger partial charge in [0.05, 0.1) is 11.2 Å². The molecule has 0 radical (unpaired) electrons. The molecule has 0 spiro atoms. The van der Waals surface area contributed by atoms with E-state index in [2.05, 4.69) is 27.1 Å². The minimum atomic E-state index is -1.33. The highest BCUT2D eigenvalue weighted by Crippen LogP contribution is 2.31. The number of nitrogens with one attached hydrogen (secondary N) is 2. The molecule has 2 atom stereocenters. The molecule has 3 N–H and O–H groups in total. The first-order valence-corrected chi connectivity index (χ1v) is 8.04. The number of carbonyl (C=O) groups excluding carboxylic acids is 1. The first-order valence-electron chi connectivity index (χ1n) is 8.04. The lowest BCUT2D eigenvalue weighted by atomic mass is 9.84. The first-order chi connectivity index (χ1) is 12.4. The maximum atomic E-state index is 12.3. The molecular weight excluding hydrogens is 330 g/mol. The Kier molecular flexibility index (Phi) is 4.45. The topological polar surface area (TPSA) is 102 Å². The van der Waals surface area contributed by atoms with E-state index < -0.39 is 17.6 Å². The number of amides is 1. The quantitative estimate of drug-likeness (QED) is 0.705. The SMILES string of the molecule is CC#Cc1cncc(-c2cc([C@@]3(C)NC(=N)N(C)C(=O)C3O)ccn2)c1. The number of hydrogen-bond donors (Lipinski definition) is 3. The van der Waals surface area contributed by atoms with Crippen molar-refractivity contribution in [2.45, 2.75) is 25.5 Å². The molecule has 132 valence electrons. The van der Waals surface area contributed by atoms with Crippen molar-refractivity contribution in [1.29, 1.82) is 5.41 Å². The van der Waals surface area contributed by atoms with Gasteiger partial charge >= 0.3 is 0 Å². The molecule has 26 heavy (non-hydrogen) atoms. The minimum Gasteiger partial charge on any atom is -0.380 e. The van der Waals surface area contributed by atoms with Crippen LogP contribution >= 0.6 is 0 Å². The smallest absolute Gasteiger partial charge is 0.260 e. The molecule has 7 heteroatoms. The molecule has 3 heterocycles. The lowest BCUT2D eigenvalue weighted by molar-refractivity contribution is -0.142. The van der Waals surface area contributed by atoms with E-state index in [0.29, 0.717) is 11.3 Å². The standard InChI is InChI=1S/C19H19N5O2/c1-4-5-12-8-13(11-21-10-12)15-9-14(6-7-22-15)19(2)16(25)17(26)24(3)18(20)23-19/h6-11,16,25H,1-3H3,(H2,20,23)/t16?,19-/m1/s1. The van der Waals surface area contributed by atoms with Gasteiger partial charge in [-0.25, -0.2) is 0 Å². The summed E-state index contributed by atoms with van der Waals surface area (Å²) in [4.78, 5) is 21.9. The van der Waals surface area contributed by atoms with Crippen LogP contribution in [-0.4, -0.2) is 45.0 Å². The molecule has 2 aromatic rings. The zero-order valence-corrected chi connectivity index (χ0v) is 14.7. The molecule has 3 rings (SSSR count). The van der Waals surface area contributed by atoms with Crippen LogP contribution in [0.4, 0.5) is 0 Å². The van der Waals surface area contributed by atoms with Crippen molar-refractivity contribution in [1.82, 2.24) is 20.2 Å². The molecule has 1 aliphatic rings. The van der Waals surface area contributed by atoms with Crippen LogP contribution < -0.4 is 5.32 Å². The molecule has 0 aliphatic carbocycles. The normalized spacial score (nSPS) is 22.5. The second kappa shape index (κ2) is 6.58. The Hall–Kier alpha value is -3.24. The number of rotatable bonds is 2. The van der Waals surface area contributed by atoms with E-state index in [4.69, 9.17) is 5.41 Å². The van der Waals surface area contributed by atoms with Crippen LogP contribution in [0.3, 0.4) is 0 Å². The average Bonchev–Trinajstić information content (AvgIpc) is 2.65. The molecule has 0 bridgehead atoms. The summed E-state index contributed by atoms with van der Waals surface area (Å²) in [7, 11) is 1.45. The zero-order chi connectivity index (χ0) is 18.9. The molecule has 1 amide bonds. The van der Waals surface area contributed by atoms with Crippen molar-refractivity contribution < 1.29 is 9.90 Å². The molecule has 1 unspecified atom stereocenters. The van der Waals surface area contributed by atoms with Gasteiger partial charge in [-0.2, -0.15) is 0 Å². The van der Waals surface area contributed by atoms with Crippen LogP contribution in [-0.2, 0) is 10.3 Å². The number of aliphatic hydroxyl groups excluding tert-OH is 1. The van der Waals surface area contributed by atoms with E-state index in [1.807, 2.05) is 6.07 Å². The van der Waals surface area contributed by atoms with Gasteiger partial charge in [-0.1, -0.05) is 5.92 Å². The Morgan fingerprint density at radius 1 is 1.38 bits per heavy atom. The van der Waals surface area contributed by atoms with E-state index in [0.717, 1.165) is 16.0 Å². The van der Waals surface area contributed by atoms with Crippen molar-refractivity contribution in [3.8, 4) is 23.1 Å². The predicted molar refractivity (Wildman–Crippen MR) is 97.0 cm³/mol. The Balaban J connectivity index is 2.04. The number of carbonyl (C=O) groups is 1. The average molecular weight is 349 g/mol. The molecular formula is C19H19N5O2. The zero-order valence-electron chi connectivity index (χ0n) is 14.7. The summed E-state index contributed by atoms with van der Waals surface area (Å²) >= 11 is 0. The van der Waals surface area contributed by atoms with Crippen LogP contribution in [0.5, 0.6) is 0 Å². The highest BCUT2D eigenvalue weighted by Gasteiger charge is 2.46. The molecule has 1 aliphatic heterocycles. The maximum absolute atomic E-state index is 12.3. The third-order valence-corrected chi connectivity index (χ3v) is 4.49. The van der Waals surface area contributed by atoms with Gasteiger partial charge in [0.1, 0.15) is 0 Å². The van der Waals surface area contributed by atoms with Crippen LogP contribution in [0.2, 0.25) is 0 Å². The second-order valence-corrected chi connectivity index (χ2v) is 6.24. The lowest BCUT2D eigenvalue weighted by Gasteiger charge is -2.43. The number of guanidine groups is 1. The number of nitrogens with zero attached hydrogens (tertiary/aromatic N) is 3. The van der Waals surface area contributed by atoms with Crippen molar-refractivity contribution in [2.24, 2.45) is 0 Å². The fraction of sp³-hybridized carbons (Fsp3) is 0.263. The minimum absolute atomic E-state index is 0.0666. The van der Waals surface area contributed by atoms with Crippen LogP contribution in [0.1, 0.15) is 25.0 Å². The highest BCUT2D eigenvalue weighted by molar-refractivity contribution is 6.01. The number of aromatic nitrogens is 2. The van der Waals surface area contributed by atoms with E-state index >= 15 is 0 Å². The number of pyridine rings is 2. The summed E-state index contributed by atoms with van der Waals surface area (Å²) in [5.41, 5.74) is 1.71. The molecule has 1 fully saturated rings. The second-order valence-electron chi connectivity index (χ2n) is 6.24. The molecule has 7 nitrogen and oxygen atoms in total.